The molecular formula is C11H17N5O2. The van der Waals surface area contributed by atoms with Gasteiger partial charge in [-0.15, -0.1) is 0 Å². The number of hydrazine groups is 1. The zero-order chi connectivity index (χ0) is 12.6. The first-order valence-electron chi connectivity index (χ1n) is 5.94. The van der Waals surface area contributed by atoms with Gasteiger partial charge in [-0.1, -0.05) is 0 Å². The number of nitrogens with zero attached hydrogens (tertiary/aromatic N) is 3. The van der Waals surface area contributed by atoms with Gasteiger partial charge in [0.1, 0.15) is 6.33 Å². The molecule has 2 rings (SSSR count). The van der Waals surface area contributed by atoms with E-state index in [9.17, 15) is 4.79 Å². The molecule has 0 bridgehead atoms. The van der Waals surface area contributed by atoms with Crippen LogP contribution in [-0.2, 0) is 4.74 Å². The Kier molecular flexibility index (Phi) is 5.00. The lowest BCUT2D eigenvalue weighted by atomic mass is 10.3. The van der Waals surface area contributed by atoms with Crippen LogP contribution in [0.4, 0.5) is 0 Å². The van der Waals surface area contributed by atoms with Crippen LogP contribution in [0, 0.1) is 0 Å². The minimum absolute atomic E-state index is 0.224. The maximum absolute atomic E-state index is 11.6. The van der Waals surface area contributed by atoms with Crippen molar-refractivity contribution in [1.29, 1.82) is 0 Å². The van der Waals surface area contributed by atoms with Gasteiger partial charge in [0.25, 0.3) is 5.91 Å². The maximum atomic E-state index is 11.6. The highest BCUT2D eigenvalue weighted by Gasteiger charge is 2.09. The largest absolute Gasteiger partial charge is 0.379 e. The number of ether oxygens (including phenoxy) is 1. The van der Waals surface area contributed by atoms with Gasteiger partial charge in [-0.2, -0.15) is 0 Å². The van der Waals surface area contributed by atoms with Crippen molar-refractivity contribution < 1.29 is 9.53 Å². The van der Waals surface area contributed by atoms with Gasteiger partial charge in [-0.25, -0.2) is 15.4 Å². The monoisotopic (exact) mass is 251 g/mol. The highest BCUT2D eigenvalue weighted by molar-refractivity contribution is 5.93. The molecule has 1 aliphatic heterocycles. The van der Waals surface area contributed by atoms with Gasteiger partial charge in [0.15, 0.2) is 0 Å². The Morgan fingerprint density at radius 1 is 1.33 bits per heavy atom. The van der Waals surface area contributed by atoms with Crippen molar-refractivity contribution in [3.05, 3.63) is 24.3 Å². The average molecular weight is 251 g/mol. The van der Waals surface area contributed by atoms with E-state index >= 15 is 0 Å². The summed E-state index contributed by atoms with van der Waals surface area (Å²) in [6.45, 7) is 5.04. The molecule has 0 aromatic carbocycles. The van der Waals surface area contributed by atoms with Crippen LogP contribution in [0.25, 0.3) is 0 Å². The van der Waals surface area contributed by atoms with Crippen LogP contribution in [0.5, 0.6) is 0 Å². The Balaban J connectivity index is 1.62. The van der Waals surface area contributed by atoms with E-state index in [2.05, 4.69) is 25.7 Å². The Labute approximate surface area is 106 Å². The van der Waals surface area contributed by atoms with Crippen LogP contribution in [0.2, 0.25) is 0 Å². The predicted molar refractivity (Wildman–Crippen MR) is 64.8 cm³/mol. The molecular weight excluding hydrogens is 234 g/mol. The van der Waals surface area contributed by atoms with E-state index in [1.807, 2.05) is 0 Å². The van der Waals surface area contributed by atoms with E-state index in [0.717, 1.165) is 32.8 Å². The van der Waals surface area contributed by atoms with Crippen LogP contribution < -0.4 is 10.9 Å². The van der Waals surface area contributed by atoms with E-state index in [1.165, 1.54) is 18.7 Å². The molecule has 0 unspecified atom stereocenters. The topological polar surface area (TPSA) is 79.4 Å². The lowest BCUT2D eigenvalue weighted by Crippen LogP contribution is -2.45. The molecule has 7 nitrogen and oxygen atoms in total. The second kappa shape index (κ2) is 7.00. The molecule has 1 aromatic rings. The van der Waals surface area contributed by atoms with Gasteiger partial charge in [0.05, 0.1) is 18.8 Å². The molecule has 0 saturated carbocycles. The van der Waals surface area contributed by atoms with Crippen LogP contribution >= 0.6 is 0 Å². The summed E-state index contributed by atoms with van der Waals surface area (Å²) in [6, 6.07) is 0. The van der Waals surface area contributed by atoms with Gasteiger partial charge < -0.3 is 4.74 Å². The first-order chi connectivity index (χ1) is 8.86. The molecule has 18 heavy (non-hydrogen) atoms. The molecule has 7 heteroatoms. The smallest absolute Gasteiger partial charge is 0.268 e. The third-order valence-corrected chi connectivity index (χ3v) is 2.68. The summed E-state index contributed by atoms with van der Waals surface area (Å²) in [5.74, 6) is -0.224. The number of hydrogen-bond acceptors (Lipinski definition) is 6. The molecule has 1 amide bonds. The quantitative estimate of drug-likeness (QED) is 0.518. The average Bonchev–Trinajstić information content (AvgIpc) is 2.45. The Morgan fingerprint density at radius 3 is 2.78 bits per heavy atom. The van der Waals surface area contributed by atoms with Gasteiger partial charge in [-0.05, 0) is 0 Å². The van der Waals surface area contributed by atoms with Crippen LogP contribution in [0.3, 0.4) is 0 Å². The molecule has 0 radical (unpaired) electrons. The van der Waals surface area contributed by atoms with Gasteiger partial charge in [-0.3, -0.25) is 15.1 Å². The van der Waals surface area contributed by atoms with Crippen molar-refractivity contribution in [2.24, 2.45) is 0 Å². The number of carbonyl (C=O) groups is 1. The summed E-state index contributed by atoms with van der Waals surface area (Å²) in [7, 11) is 0. The predicted octanol–water partition coefficient (Wildman–Crippen LogP) is -0.957. The SMILES string of the molecule is O=C(NNCCN1CCOCC1)c1cncnc1. The number of morpholine rings is 1. The zero-order valence-corrected chi connectivity index (χ0v) is 10.1. The summed E-state index contributed by atoms with van der Waals surface area (Å²) >= 11 is 0. The summed E-state index contributed by atoms with van der Waals surface area (Å²) < 4.78 is 5.26. The fraction of sp³-hybridized carbons (Fsp3) is 0.545. The second-order valence-electron chi connectivity index (χ2n) is 3.96. The minimum Gasteiger partial charge on any atom is -0.379 e. The van der Waals surface area contributed by atoms with Gasteiger partial charge >= 0.3 is 0 Å². The number of nitrogens with one attached hydrogen (secondary N) is 2. The van der Waals surface area contributed by atoms with E-state index in [1.54, 1.807) is 0 Å². The van der Waals surface area contributed by atoms with Gasteiger partial charge in [0.2, 0.25) is 0 Å². The summed E-state index contributed by atoms with van der Waals surface area (Å²) in [5.41, 5.74) is 5.95. The fourth-order valence-electron chi connectivity index (χ4n) is 1.67. The molecule has 0 spiro atoms. The summed E-state index contributed by atoms with van der Waals surface area (Å²) in [6.07, 6.45) is 4.35. The van der Waals surface area contributed by atoms with Crippen LogP contribution in [0.1, 0.15) is 10.4 Å². The molecule has 1 aromatic heterocycles. The fourth-order valence-corrected chi connectivity index (χ4v) is 1.67. The first-order valence-corrected chi connectivity index (χ1v) is 5.94. The molecule has 2 N–H and O–H groups in total. The molecule has 0 aliphatic carbocycles. The molecule has 0 atom stereocenters. The molecule has 1 fully saturated rings. The van der Waals surface area contributed by atoms with Crippen molar-refractivity contribution in [3.63, 3.8) is 0 Å². The lowest BCUT2D eigenvalue weighted by molar-refractivity contribution is 0.0379. The van der Waals surface area contributed by atoms with Gasteiger partial charge in [0, 0.05) is 38.6 Å². The molecule has 98 valence electrons. The maximum Gasteiger partial charge on any atom is 0.268 e. The molecule has 1 aliphatic rings. The van der Waals surface area contributed by atoms with Crippen molar-refractivity contribution in [1.82, 2.24) is 25.7 Å². The highest BCUT2D eigenvalue weighted by Crippen LogP contribution is 1.94. The number of rotatable bonds is 5. The van der Waals surface area contributed by atoms with Crippen LogP contribution in [-0.4, -0.2) is 60.2 Å². The second-order valence-corrected chi connectivity index (χ2v) is 3.96. The Morgan fingerprint density at radius 2 is 2.06 bits per heavy atom. The minimum atomic E-state index is -0.224. The highest BCUT2D eigenvalue weighted by atomic mass is 16.5. The standard InChI is InChI=1S/C11H17N5O2/c17-11(10-7-12-9-13-8-10)15-14-1-2-16-3-5-18-6-4-16/h7-9,14H,1-6H2,(H,15,17). The third-order valence-electron chi connectivity index (χ3n) is 2.68. The van der Waals surface area contributed by atoms with Crippen LogP contribution in [0.15, 0.2) is 18.7 Å². The Hall–Kier alpha value is -1.57. The lowest BCUT2D eigenvalue weighted by Gasteiger charge is -2.26. The van der Waals surface area contributed by atoms with E-state index in [-0.39, 0.29) is 5.91 Å². The summed E-state index contributed by atoms with van der Waals surface area (Å²) in [4.78, 5) is 21.5. The number of aromatic nitrogens is 2. The summed E-state index contributed by atoms with van der Waals surface area (Å²) in [5, 5.41) is 0. The van der Waals surface area contributed by atoms with Crippen molar-refractivity contribution in [2.45, 2.75) is 0 Å². The normalized spacial score (nSPS) is 16.4. The zero-order valence-electron chi connectivity index (χ0n) is 10.1. The Bertz CT molecular complexity index is 367. The van der Waals surface area contributed by atoms with Crippen molar-refractivity contribution in [2.75, 3.05) is 39.4 Å². The number of carbonyl (C=O) groups excluding carboxylic acids is 1. The number of amides is 1. The van der Waals surface area contributed by atoms with E-state index in [0.29, 0.717) is 12.1 Å². The first kappa shape index (κ1) is 12.9. The van der Waals surface area contributed by atoms with Crippen molar-refractivity contribution >= 4 is 5.91 Å². The third kappa shape index (κ3) is 4.02. The number of hydrogen-bond donors (Lipinski definition) is 2. The molecule has 2 heterocycles. The van der Waals surface area contributed by atoms with E-state index in [4.69, 9.17) is 4.74 Å². The van der Waals surface area contributed by atoms with Crippen molar-refractivity contribution in [3.8, 4) is 0 Å². The van der Waals surface area contributed by atoms with E-state index < -0.39 is 0 Å². The molecule has 1 saturated heterocycles.